The molecule has 3 aliphatic rings. The van der Waals surface area contributed by atoms with Crippen molar-refractivity contribution in [2.75, 3.05) is 4.90 Å². The number of allylic oxidation sites excluding steroid dienone is 6. The highest BCUT2D eigenvalue weighted by molar-refractivity contribution is 5.98. The van der Waals surface area contributed by atoms with Crippen molar-refractivity contribution in [2.45, 2.75) is 37.5 Å². The van der Waals surface area contributed by atoms with Crippen LogP contribution in [-0.4, -0.2) is 0 Å². The number of para-hydroxylation sites is 3. The van der Waals surface area contributed by atoms with Gasteiger partial charge in [-0.3, -0.25) is 0 Å². The third-order valence-electron chi connectivity index (χ3n) is 11.3. The Hall–Kier alpha value is -5.66. The molecule has 242 valence electrons. The lowest BCUT2D eigenvalue weighted by Gasteiger charge is -2.40. The molecular formula is C49H41N. The predicted octanol–water partition coefficient (Wildman–Crippen LogP) is 13.1. The Morgan fingerprint density at radius 1 is 0.580 bits per heavy atom. The van der Waals surface area contributed by atoms with Gasteiger partial charge in [0.1, 0.15) is 0 Å². The van der Waals surface area contributed by atoms with Crippen LogP contribution in [0.2, 0.25) is 0 Å². The number of fused-ring (bicyclic) bond motifs is 4. The van der Waals surface area contributed by atoms with Crippen LogP contribution in [-0.2, 0) is 5.41 Å². The summed E-state index contributed by atoms with van der Waals surface area (Å²) in [5, 5.41) is 0. The van der Waals surface area contributed by atoms with Gasteiger partial charge in [0.05, 0.1) is 5.69 Å². The van der Waals surface area contributed by atoms with Gasteiger partial charge in [-0.05, 0) is 81.1 Å². The van der Waals surface area contributed by atoms with Crippen molar-refractivity contribution in [3.63, 3.8) is 0 Å². The third kappa shape index (κ3) is 4.91. The summed E-state index contributed by atoms with van der Waals surface area (Å²) in [5.41, 5.74) is 15.7. The molecule has 0 aromatic heterocycles. The van der Waals surface area contributed by atoms with Crippen molar-refractivity contribution in [1.82, 2.24) is 0 Å². The van der Waals surface area contributed by atoms with Crippen molar-refractivity contribution in [3.8, 4) is 22.3 Å². The highest BCUT2D eigenvalue weighted by Crippen LogP contribution is 2.55. The molecule has 1 nitrogen and oxygen atoms in total. The first-order valence-electron chi connectivity index (χ1n) is 18.0. The van der Waals surface area contributed by atoms with Crippen LogP contribution in [0, 0.1) is 5.92 Å². The predicted molar refractivity (Wildman–Crippen MR) is 211 cm³/mol. The molecule has 0 aliphatic heterocycles. The molecule has 0 spiro atoms. The van der Waals surface area contributed by atoms with E-state index in [1.807, 2.05) is 0 Å². The molecule has 9 rings (SSSR count). The van der Waals surface area contributed by atoms with Crippen molar-refractivity contribution in [1.29, 1.82) is 0 Å². The quantitative estimate of drug-likeness (QED) is 0.175. The van der Waals surface area contributed by atoms with E-state index in [-0.39, 0.29) is 11.3 Å². The van der Waals surface area contributed by atoms with Crippen LogP contribution in [0.4, 0.5) is 17.1 Å². The van der Waals surface area contributed by atoms with Gasteiger partial charge < -0.3 is 4.90 Å². The van der Waals surface area contributed by atoms with Gasteiger partial charge in [0.25, 0.3) is 0 Å². The third-order valence-corrected chi connectivity index (χ3v) is 11.3. The molecule has 0 radical (unpaired) electrons. The molecular weight excluding hydrogens is 603 g/mol. The molecule has 0 bridgehead atoms. The van der Waals surface area contributed by atoms with Gasteiger partial charge in [0.15, 0.2) is 0 Å². The summed E-state index contributed by atoms with van der Waals surface area (Å²) in [7, 11) is 0. The Morgan fingerprint density at radius 2 is 1.22 bits per heavy atom. The van der Waals surface area contributed by atoms with Gasteiger partial charge in [0, 0.05) is 34.2 Å². The lowest BCUT2D eigenvalue weighted by molar-refractivity contribution is 0.438. The summed E-state index contributed by atoms with van der Waals surface area (Å²) in [6.45, 7) is 4.73. The van der Waals surface area contributed by atoms with E-state index in [2.05, 4.69) is 201 Å². The Morgan fingerprint density at radius 3 is 2.04 bits per heavy atom. The number of hydrogen-bond acceptors (Lipinski definition) is 1. The summed E-state index contributed by atoms with van der Waals surface area (Å²) in [5.74, 6) is 0.967. The average Bonchev–Trinajstić information content (AvgIpc) is 3.42. The van der Waals surface area contributed by atoms with Crippen LogP contribution >= 0.6 is 0 Å². The van der Waals surface area contributed by atoms with E-state index in [1.165, 1.54) is 61.5 Å². The van der Waals surface area contributed by atoms with E-state index in [4.69, 9.17) is 0 Å². The SMILES string of the molecule is CC1(C)c2ccccc2-c2c(-c3ccccc3N(c3ccccc3)c3ccccc3C3C=CC=C4C=CCC(c5ccccc5)C43)cccc21. The van der Waals surface area contributed by atoms with Gasteiger partial charge in [-0.15, -0.1) is 0 Å². The fraction of sp³-hybridized carbons (Fsp3) is 0.143. The summed E-state index contributed by atoms with van der Waals surface area (Å²) < 4.78 is 0. The second-order valence-electron chi connectivity index (χ2n) is 14.4. The second-order valence-corrected chi connectivity index (χ2v) is 14.4. The molecule has 0 saturated carbocycles. The summed E-state index contributed by atoms with van der Waals surface area (Å²) in [6, 6.07) is 56.1. The average molecular weight is 644 g/mol. The fourth-order valence-corrected chi connectivity index (χ4v) is 9.05. The lowest BCUT2D eigenvalue weighted by Crippen LogP contribution is -2.26. The van der Waals surface area contributed by atoms with E-state index < -0.39 is 0 Å². The van der Waals surface area contributed by atoms with E-state index >= 15 is 0 Å². The van der Waals surface area contributed by atoms with Crippen molar-refractivity contribution in [2.24, 2.45) is 5.92 Å². The smallest absolute Gasteiger partial charge is 0.0540 e. The van der Waals surface area contributed by atoms with Crippen LogP contribution in [0.25, 0.3) is 22.3 Å². The van der Waals surface area contributed by atoms with Crippen molar-refractivity contribution < 1.29 is 0 Å². The first-order chi connectivity index (χ1) is 24.6. The Kier molecular flexibility index (Phi) is 7.50. The Balaban J connectivity index is 1.24. The maximum Gasteiger partial charge on any atom is 0.0540 e. The standard InChI is InChI=1S/C49H41N/c1-49(2)43-30-12-9-26-42(43)48-41(29-17-31-44(48)49)39-25-11-14-33-46(39)50(36-22-7-4-8-23-36)45-32-13-10-24-38(45)40-28-16-21-35-20-15-27-37(47(35)40)34-18-5-3-6-19-34/h3-26,28-33,37,40,47H,27H2,1-2H3. The molecule has 0 amide bonds. The lowest BCUT2D eigenvalue weighted by atomic mass is 9.66. The minimum atomic E-state index is -0.0646. The normalized spacial score (nSPS) is 19.6. The van der Waals surface area contributed by atoms with Gasteiger partial charge in [-0.2, -0.15) is 0 Å². The summed E-state index contributed by atoms with van der Waals surface area (Å²) >= 11 is 0. The van der Waals surface area contributed by atoms with Gasteiger partial charge in [-0.1, -0.05) is 172 Å². The monoisotopic (exact) mass is 643 g/mol. The number of benzene rings is 6. The summed E-state index contributed by atoms with van der Waals surface area (Å²) in [4.78, 5) is 2.51. The molecule has 0 heterocycles. The summed E-state index contributed by atoms with van der Waals surface area (Å²) in [6.07, 6.45) is 12.8. The van der Waals surface area contributed by atoms with Gasteiger partial charge in [-0.25, -0.2) is 0 Å². The zero-order valence-electron chi connectivity index (χ0n) is 28.7. The maximum absolute atomic E-state index is 2.51. The molecule has 3 unspecified atom stereocenters. The number of anilines is 3. The molecule has 0 fully saturated rings. The largest absolute Gasteiger partial charge is 0.310 e. The van der Waals surface area contributed by atoms with E-state index in [9.17, 15) is 0 Å². The zero-order valence-corrected chi connectivity index (χ0v) is 28.7. The molecule has 0 saturated heterocycles. The van der Waals surface area contributed by atoms with Crippen LogP contribution < -0.4 is 4.90 Å². The van der Waals surface area contributed by atoms with Gasteiger partial charge >= 0.3 is 0 Å². The minimum Gasteiger partial charge on any atom is -0.310 e. The first-order valence-corrected chi connectivity index (χ1v) is 18.0. The van der Waals surface area contributed by atoms with Crippen molar-refractivity contribution >= 4 is 17.1 Å². The molecule has 50 heavy (non-hydrogen) atoms. The first kappa shape index (κ1) is 30.4. The van der Waals surface area contributed by atoms with E-state index in [0.29, 0.717) is 11.8 Å². The number of rotatable bonds is 6. The molecule has 3 atom stereocenters. The fourth-order valence-electron chi connectivity index (χ4n) is 9.05. The minimum absolute atomic E-state index is 0.0646. The molecule has 6 aromatic rings. The van der Waals surface area contributed by atoms with Crippen LogP contribution in [0.5, 0.6) is 0 Å². The van der Waals surface area contributed by atoms with E-state index in [0.717, 1.165) is 12.1 Å². The topological polar surface area (TPSA) is 3.24 Å². The van der Waals surface area contributed by atoms with Crippen LogP contribution in [0.15, 0.2) is 188 Å². The molecule has 6 aromatic carbocycles. The Labute approximate surface area is 296 Å². The Bertz CT molecular complexity index is 2290. The molecule has 0 N–H and O–H groups in total. The number of hydrogen-bond donors (Lipinski definition) is 0. The van der Waals surface area contributed by atoms with Gasteiger partial charge in [0.2, 0.25) is 0 Å². The maximum atomic E-state index is 2.51. The molecule has 1 heteroatoms. The molecule has 3 aliphatic carbocycles. The number of nitrogens with zero attached hydrogens (tertiary/aromatic N) is 1. The zero-order chi connectivity index (χ0) is 33.7. The second kappa shape index (κ2) is 12.3. The highest BCUT2D eigenvalue weighted by atomic mass is 15.1. The van der Waals surface area contributed by atoms with Crippen molar-refractivity contribution in [3.05, 3.63) is 210 Å². The van der Waals surface area contributed by atoms with Crippen LogP contribution in [0.1, 0.15) is 54.4 Å². The highest BCUT2D eigenvalue weighted by Gasteiger charge is 2.38. The van der Waals surface area contributed by atoms with Crippen LogP contribution in [0.3, 0.4) is 0 Å². The van der Waals surface area contributed by atoms with E-state index in [1.54, 1.807) is 0 Å².